The fourth-order valence-corrected chi connectivity index (χ4v) is 7.11. The number of allylic oxidation sites excluding steroid dienone is 24. The normalized spacial score (nSPS) is 13.2. The van der Waals surface area contributed by atoms with E-state index >= 15 is 0 Å². The number of carbonyl (C=O) groups excluding carboxylic acids is 3. The lowest BCUT2D eigenvalue weighted by molar-refractivity contribution is -0.167. The molecule has 0 N–H and O–H groups in total. The molecular weight excluding hydrogens is 877 g/mol. The molecule has 0 aromatic rings. The summed E-state index contributed by atoms with van der Waals surface area (Å²) in [6.07, 6.45) is 82.7. The number of carbonyl (C=O) groups is 3. The van der Waals surface area contributed by atoms with Gasteiger partial charge in [0.25, 0.3) is 0 Å². The van der Waals surface area contributed by atoms with Crippen LogP contribution in [0.1, 0.15) is 226 Å². The maximum Gasteiger partial charge on any atom is 0.306 e. The van der Waals surface area contributed by atoms with Crippen molar-refractivity contribution in [3.05, 3.63) is 146 Å². The summed E-state index contributed by atoms with van der Waals surface area (Å²) < 4.78 is 16.8. The van der Waals surface area contributed by atoms with Crippen LogP contribution in [0.15, 0.2) is 146 Å². The largest absolute Gasteiger partial charge is 0.462 e. The Kier molecular flexibility index (Phi) is 54.0. The van der Waals surface area contributed by atoms with E-state index < -0.39 is 6.10 Å². The van der Waals surface area contributed by atoms with Crippen LogP contribution in [0.3, 0.4) is 0 Å². The first kappa shape index (κ1) is 66.3. The number of hydrogen-bond acceptors (Lipinski definition) is 6. The van der Waals surface area contributed by atoms with E-state index in [1.165, 1.54) is 38.5 Å². The van der Waals surface area contributed by atoms with E-state index in [1.54, 1.807) is 0 Å². The molecule has 0 saturated carbocycles. The zero-order valence-corrected chi connectivity index (χ0v) is 45.4. The Hall–Kier alpha value is -4.71. The molecule has 71 heavy (non-hydrogen) atoms. The van der Waals surface area contributed by atoms with E-state index in [9.17, 15) is 14.4 Å². The van der Waals surface area contributed by atoms with Gasteiger partial charge in [0.1, 0.15) is 13.2 Å². The van der Waals surface area contributed by atoms with Gasteiger partial charge < -0.3 is 14.2 Å². The molecule has 0 aliphatic heterocycles. The first-order chi connectivity index (χ1) is 35.0. The van der Waals surface area contributed by atoms with Gasteiger partial charge in [-0.2, -0.15) is 0 Å². The second-order valence-corrected chi connectivity index (χ2v) is 18.1. The molecule has 0 spiro atoms. The van der Waals surface area contributed by atoms with Gasteiger partial charge in [-0.05, 0) is 128 Å². The average Bonchev–Trinajstić information content (AvgIpc) is 3.37. The van der Waals surface area contributed by atoms with Crippen molar-refractivity contribution in [1.82, 2.24) is 0 Å². The highest BCUT2D eigenvalue weighted by Gasteiger charge is 2.19. The third-order valence-corrected chi connectivity index (χ3v) is 11.3. The summed E-state index contributed by atoms with van der Waals surface area (Å²) in [7, 11) is 0. The van der Waals surface area contributed by atoms with Crippen LogP contribution in [0, 0.1) is 0 Å². The van der Waals surface area contributed by atoms with Crippen molar-refractivity contribution in [2.24, 2.45) is 0 Å². The summed E-state index contributed by atoms with van der Waals surface area (Å²) in [5, 5.41) is 0. The van der Waals surface area contributed by atoms with Crippen molar-refractivity contribution in [1.29, 1.82) is 0 Å². The summed E-state index contributed by atoms with van der Waals surface area (Å²) in [5.41, 5.74) is 0. The highest BCUT2D eigenvalue weighted by molar-refractivity contribution is 5.71. The molecule has 0 aromatic carbocycles. The molecule has 1 unspecified atom stereocenters. The van der Waals surface area contributed by atoms with Gasteiger partial charge in [-0.25, -0.2) is 0 Å². The molecule has 1 atom stereocenters. The van der Waals surface area contributed by atoms with Crippen molar-refractivity contribution in [3.63, 3.8) is 0 Å². The van der Waals surface area contributed by atoms with Crippen LogP contribution in [-0.2, 0) is 28.6 Å². The molecule has 6 heteroatoms. The standard InChI is InChI=1S/C65H102O6/c1-4-7-10-13-16-19-22-24-26-28-29-30-31-32-33-34-35-37-38-40-43-46-49-52-55-58-64(67)70-61-62(60-69-63(66)57-54-51-48-45-42-21-18-15-12-9-6-3)71-65(68)59-56-53-50-47-44-41-39-36-27-25-23-20-17-14-11-8-5-2/h7-8,10-11,15-20,24-27,29-30,32-33,35,37,39,41,47,50,62H,4-6,9,12-14,21-23,28,31,34,36,38,40,42-46,48-49,51-61H2,1-3H3/b10-7-,11-8-,18-15-,19-16-,20-17-,26-24-,27-25-,30-29-,33-32-,37-35-,41-39-,50-47-. The highest BCUT2D eigenvalue weighted by atomic mass is 16.6. The summed E-state index contributed by atoms with van der Waals surface area (Å²) in [4.78, 5) is 38.1. The van der Waals surface area contributed by atoms with Gasteiger partial charge in [0.2, 0.25) is 0 Å². The molecule has 6 nitrogen and oxygen atoms in total. The summed E-state index contributed by atoms with van der Waals surface area (Å²) in [6, 6.07) is 0. The van der Waals surface area contributed by atoms with Crippen LogP contribution in [0.5, 0.6) is 0 Å². The van der Waals surface area contributed by atoms with Gasteiger partial charge in [-0.15, -0.1) is 0 Å². The van der Waals surface area contributed by atoms with Crippen LogP contribution in [0.2, 0.25) is 0 Å². The Morgan fingerprint density at radius 2 is 0.563 bits per heavy atom. The first-order valence-corrected chi connectivity index (χ1v) is 28.3. The van der Waals surface area contributed by atoms with Crippen LogP contribution >= 0.6 is 0 Å². The minimum atomic E-state index is -0.823. The molecule has 0 rings (SSSR count). The molecule has 0 bridgehead atoms. The van der Waals surface area contributed by atoms with E-state index in [2.05, 4.69) is 167 Å². The first-order valence-electron chi connectivity index (χ1n) is 28.3. The molecule has 398 valence electrons. The van der Waals surface area contributed by atoms with E-state index in [1.807, 2.05) is 0 Å². The summed E-state index contributed by atoms with van der Waals surface area (Å²) >= 11 is 0. The number of esters is 3. The average molecular weight is 980 g/mol. The highest BCUT2D eigenvalue weighted by Crippen LogP contribution is 2.13. The Bertz CT molecular complexity index is 1590. The van der Waals surface area contributed by atoms with Crippen LogP contribution in [0.4, 0.5) is 0 Å². The molecule has 0 aromatic heterocycles. The Balaban J connectivity index is 4.45. The second kappa shape index (κ2) is 57.9. The molecule has 0 aliphatic rings. The van der Waals surface area contributed by atoms with E-state index in [0.29, 0.717) is 19.3 Å². The van der Waals surface area contributed by atoms with Crippen molar-refractivity contribution >= 4 is 17.9 Å². The van der Waals surface area contributed by atoms with E-state index in [4.69, 9.17) is 14.2 Å². The smallest absolute Gasteiger partial charge is 0.306 e. The Morgan fingerprint density at radius 3 is 0.915 bits per heavy atom. The van der Waals surface area contributed by atoms with Gasteiger partial charge in [-0.3, -0.25) is 14.4 Å². The number of rotatable bonds is 49. The minimum Gasteiger partial charge on any atom is -0.462 e. The maximum atomic E-state index is 12.8. The third-order valence-electron chi connectivity index (χ3n) is 11.3. The maximum absolute atomic E-state index is 12.8. The summed E-state index contributed by atoms with van der Waals surface area (Å²) in [6.45, 7) is 6.29. The lowest BCUT2D eigenvalue weighted by Crippen LogP contribution is -2.30. The number of unbranched alkanes of at least 4 members (excludes halogenated alkanes) is 14. The lowest BCUT2D eigenvalue weighted by atomic mass is 10.1. The van der Waals surface area contributed by atoms with Gasteiger partial charge in [-0.1, -0.05) is 224 Å². The van der Waals surface area contributed by atoms with Crippen LogP contribution < -0.4 is 0 Å². The van der Waals surface area contributed by atoms with Crippen LogP contribution in [-0.4, -0.2) is 37.2 Å². The van der Waals surface area contributed by atoms with Crippen molar-refractivity contribution in [2.75, 3.05) is 13.2 Å². The van der Waals surface area contributed by atoms with E-state index in [-0.39, 0.29) is 37.5 Å². The van der Waals surface area contributed by atoms with E-state index in [0.717, 1.165) is 141 Å². The third kappa shape index (κ3) is 56.1. The fraction of sp³-hybridized carbons (Fsp3) is 0.585. The predicted molar refractivity (Wildman–Crippen MR) is 306 cm³/mol. The van der Waals surface area contributed by atoms with Crippen molar-refractivity contribution < 1.29 is 28.6 Å². The Morgan fingerprint density at radius 1 is 0.296 bits per heavy atom. The lowest BCUT2D eigenvalue weighted by Gasteiger charge is -2.18. The predicted octanol–water partition coefficient (Wildman–Crippen LogP) is 19.2. The Labute approximate surface area is 436 Å². The molecular formula is C65H102O6. The molecule has 0 saturated heterocycles. The fourth-order valence-electron chi connectivity index (χ4n) is 7.11. The van der Waals surface area contributed by atoms with Crippen LogP contribution in [0.25, 0.3) is 0 Å². The zero-order chi connectivity index (χ0) is 51.4. The van der Waals surface area contributed by atoms with Gasteiger partial charge in [0.15, 0.2) is 6.10 Å². The number of ether oxygens (including phenoxy) is 3. The zero-order valence-electron chi connectivity index (χ0n) is 45.4. The van der Waals surface area contributed by atoms with Gasteiger partial charge in [0.05, 0.1) is 0 Å². The molecule has 0 fully saturated rings. The molecule has 0 amide bonds. The quantitative estimate of drug-likeness (QED) is 0.0262. The SMILES string of the molecule is CC/C=C\C/C=C\C/C=C\C/C=C\C/C=C\C/C=C\CCCCCCCCC(=O)OCC(COC(=O)CCCCCCC/C=C\CCCC)OC(=O)CCC/C=C\C/C=C\C/C=C\C/C=C\C/C=C\CC. The molecule has 0 radical (unpaired) electrons. The van der Waals surface area contributed by atoms with Gasteiger partial charge in [0, 0.05) is 19.3 Å². The minimum absolute atomic E-state index is 0.116. The van der Waals surface area contributed by atoms with Crippen molar-refractivity contribution in [2.45, 2.75) is 232 Å². The second-order valence-electron chi connectivity index (χ2n) is 18.1. The van der Waals surface area contributed by atoms with Gasteiger partial charge >= 0.3 is 17.9 Å². The topological polar surface area (TPSA) is 78.9 Å². The summed E-state index contributed by atoms with van der Waals surface area (Å²) in [5.74, 6) is -1.01. The monoisotopic (exact) mass is 979 g/mol. The number of hydrogen-bond donors (Lipinski definition) is 0. The molecule has 0 heterocycles. The molecule has 0 aliphatic carbocycles. The van der Waals surface area contributed by atoms with Crippen molar-refractivity contribution in [3.8, 4) is 0 Å².